The molecule has 6 nitrogen and oxygen atoms in total. The van der Waals surface area contributed by atoms with Gasteiger partial charge in [0.1, 0.15) is 5.75 Å². The predicted octanol–water partition coefficient (Wildman–Crippen LogP) is 5.18. The summed E-state index contributed by atoms with van der Waals surface area (Å²) in [7, 11) is 2.93. The van der Waals surface area contributed by atoms with Crippen LogP contribution < -0.4 is 10.1 Å². The third-order valence-electron chi connectivity index (χ3n) is 5.51. The van der Waals surface area contributed by atoms with Gasteiger partial charge in [-0.15, -0.1) is 0 Å². The first kappa shape index (κ1) is 25.4. The average Bonchev–Trinajstić information content (AvgIpc) is 2.76. The number of benzene rings is 2. The number of nitrogens with one attached hydrogen (secondary N) is 1. The maximum absolute atomic E-state index is 13.1. The van der Waals surface area contributed by atoms with Gasteiger partial charge >= 0.3 is 5.97 Å². The summed E-state index contributed by atoms with van der Waals surface area (Å²) in [5.41, 5.74) is 3.44. The third kappa shape index (κ3) is 6.33. The molecule has 0 aromatic heterocycles. The van der Waals surface area contributed by atoms with Gasteiger partial charge in [-0.05, 0) is 52.6 Å². The summed E-state index contributed by atoms with van der Waals surface area (Å²) in [4.78, 5) is 25.1. The first-order valence-corrected chi connectivity index (χ1v) is 10.9. The molecule has 0 heterocycles. The SMILES string of the molecule is CCCC(CC(=O)Nc1cc(C(=O)OC)ccc1C(C)(C)C)c1ccc(CO)cc1OC. The lowest BCUT2D eigenvalue weighted by atomic mass is 9.85. The Morgan fingerprint density at radius 2 is 1.81 bits per heavy atom. The molecule has 2 aromatic carbocycles. The van der Waals surface area contributed by atoms with Crippen molar-refractivity contribution in [1.29, 1.82) is 0 Å². The highest BCUT2D eigenvalue weighted by Gasteiger charge is 2.23. The standard InChI is InChI=1S/C26H35NO5/c1-7-8-18(20-11-9-17(16-28)13-23(20)31-5)15-24(29)27-22-14-19(25(30)32-6)10-12-21(22)26(2,3)4/h9-14,18,28H,7-8,15-16H2,1-6H3,(H,27,29). The Balaban J connectivity index is 2.34. The van der Waals surface area contributed by atoms with Crippen molar-refractivity contribution >= 4 is 17.6 Å². The van der Waals surface area contributed by atoms with Crippen molar-refractivity contribution in [2.45, 2.75) is 64.9 Å². The highest BCUT2D eigenvalue weighted by molar-refractivity contribution is 5.96. The normalized spacial score (nSPS) is 12.2. The summed E-state index contributed by atoms with van der Waals surface area (Å²) < 4.78 is 10.4. The van der Waals surface area contributed by atoms with Gasteiger partial charge in [0.2, 0.25) is 5.91 Å². The fraction of sp³-hybridized carbons (Fsp3) is 0.462. The van der Waals surface area contributed by atoms with Crippen LogP contribution in [0.2, 0.25) is 0 Å². The van der Waals surface area contributed by atoms with E-state index in [-0.39, 0.29) is 30.3 Å². The van der Waals surface area contributed by atoms with E-state index in [1.165, 1.54) is 7.11 Å². The Hall–Kier alpha value is -2.86. The maximum atomic E-state index is 13.1. The first-order valence-electron chi connectivity index (χ1n) is 10.9. The van der Waals surface area contributed by atoms with Gasteiger partial charge in [-0.1, -0.05) is 52.3 Å². The summed E-state index contributed by atoms with van der Waals surface area (Å²) >= 11 is 0. The number of esters is 1. The van der Waals surface area contributed by atoms with Crippen LogP contribution in [0.4, 0.5) is 5.69 Å². The molecule has 0 saturated heterocycles. The van der Waals surface area contributed by atoms with Crippen LogP contribution in [0.25, 0.3) is 0 Å². The minimum Gasteiger partial charge on any atom is -0.496 e. The van der Waals surface area contributed by atoms with E-state index in [2.05, 4.69) is 33.0 Å². The lowest BCUT2D eigenvalue weighted by Crippen LogP contribution is -2.21. The van der Waals surface area contributed by atoms with Crippen LogP contribution in [-0.2, 0) is 21.6 Å². The molecule has 1 unspecified atom stereocenters. The number of ether oxygens (including phenoxy) is 2. The Morgan fingerprint density at radius 3 is 2.38 bits per heavy atom. The molecule has 0 radical (unpaired) electrons. The molecule has 174 valence electrons. The second-order valence-corrected chi connectivity index (χ2v) is 8.97. The molecule has 0 aliphatic rings. The van der Waals surface area contributed by atoms with Gasteiger partial charge in [0.25, 0.3) is 0 Å². The number of aliphatic hydroxyl groups excluding tert-OH is 1. The van der Waals surface area contributed by atoms with Crippen molar-refractivity contribution in [2.24, 2.45) is 0 Å². The van der Waals surface area contributed by atoms with Gasteiger partial charge in [0.15, 0.2) is 0 Å². The Morgan fingerprint density at radius 1 is 1.09 bits per heavy atom. The Bertz CT molecular complexity index is 946. The molecule has 0 fully saturated rings. The number of amides is 1. The van der Waals surface area contributed by atoms with Crippen LogP contribution in [0, 0.1) is 0 Å². The number of methoxy groups -OCH3 is 2. The molecule has 0 bridgehead atoms. The van der Waals surface area contributed by atoms with Gasteiger partial charge in [-0.2, -0.15) is 0 Å². The van der Waals surface area contributed by atoms with E-state index in [0.717, 1.165) is 29.5 Å². The van der Waals surface area contributed by atoms with Crippen LogP contribution in [0.3, 0.4) is 0 Å². The van der Waals surface area contributed by atoms with Gasteiger partial charge in [0, 0.05) is 12.1 Å². The number of aliphatic hydroxyl groups is 1. The number of hydrogen-bond acceptors (Lipinski definition) is 5. The van der Waals surface area contributed by atoms with Crippen molar-refractivity contribution in [1.82, 2.24) is 0 Å². The van der Waals surface area contributed by atoms with Crippen LogP contribution >= 0.6 is 0 Å². The fourth-order valence-electron chi connectivity index (χ4n) is 3.88. The first-order chi connectivity index (χ1) is 15.1. The second kappa shape index (κ2) is 11.1. The lowest BCUT2D eigenvalue weighted by molar-refractivity contribution is -0.116. The maximum Gasteiger partial charge on any atom is 0.337 e. The fourth-order valence-corrected chi connectivity index (χ4v) is 3.88. The molecule has 2 N–H and O–H groups in total. The summed E-state index contributed by atoms with van der Waals surface area (Å²) in [5.74, 6) is 0.0539. The number of carbonyl (C=O) groups excluding carboxylic acids is 2. The Labute approximate surface area is 190 Å². The molecule has 2 aromatic rings. The molecule has 0 spiro atoms. The second-order valence-electron chi connectivity index (χ2n) is 8.97. The molecule has 32 heavy (non-hydrogen) atoms. The van der Waals surface area contributed by atoms with Crippen LogP contribution in [0.15, 0.2) is 36.4 Å². The van der Waals surface area contributed by atoms with E-state index in [1.54, 1.807) is 19.2 Å². The van der Waals surface area contributed by atoms with Crippen LogP contribution in [0.5, 0.6) is 5.75 Å². The van der Waals surface area contributed by atoms with E-state index < -0.39 is 5.97 Å². The average molecular weight is 442 g/mol. The predicted molar refractivity (Wildman–Crippen MR) is 126 cm³/mol. The van der Waals surface area contributed by atoms with Gasteiger partial charge in [0.05, 0.1) is 26.4 Å². The molecular weight excluding hydrogens is 406 g/mol. The van der Waals surface area contributed by atoms with E-state index in [0.29, 0.717) is 17.0 Å². The largest absolute Gasteiger partial charge is 0.496 e. The minimum atomic E-state index is -0.446. The van der Waals surface area contributed by atoms with Crippen molar-refractivity contribution in [3.63, 3.8) is 0 Å². The zero-order valence-electron chi connectivity index (χ0n) is 20.0. The minimum absolute atomic E-state index is 0.0374. The van der Waals surface area contributed by atoms with Gasteiger partial charge in [-0.3, -0.25) is 4.79 Å². The van der Waals surface area contributed by atoms with E-state index >= 15 is 0 Å². The van der Waals surface area contributed by atoms with E-state index in [9.17, 15) is 14.7 Å². The quantitative estimate of drug-likeness (QED) is 0.524. The molecular formula is C26H35NO5. The van der Waals surface area contributed by atoms with E-state index in [1.807, 2.05) is 24.3 Å². The summed E-state index contributed by atoms with van der Waals surface area (Å²) in [6.45, 7) is 8.19. The summed E-state index contributed by atoms with van der Waals surface area (Å²) in [5, 5.41) is 12.4. The number of rotatable bonds is 9. The topological polar surface area (TPSA) is 84.9 Å². The zero-order valence-corrected chi connectivity index (χ0v) is 20.0. The van der Waals surface area contributed by atoms with Crippen molar-refractivity contribution in [2.75, 3.05) is 19.5 Å². The number of anilines is 1. The van der Waals surface area contributed by atoms with E-state index in [4.69, 9.17) is 9.47 Å². The molecule has 0 aliphatic heterocycles. The molecule has 0 saturated carbocycles. The molecule has 2 rings (SSSR count). The zero-order chi connectivity index (χ0) is 23.9. The summed E-state index contributed by atoms with van der Waals surface area (Å²) in [6.07, 6.45) is 2.00. The van der Waals surface area contributed by atoms with Crippen molar-refractivity contribution in [3.8, 4) is 5.75 Å². The van der Waals surface area contributed by atoms with Crippen molar-refractivity contribution < 1.29 is 24.2 Å². The molecule has 1 amide bonds. The van der Waals surface area contributed by atoms with Crippen LogP contribution in [0.1, 0.15) is 79.9 Å². The molecule has 0 aliphatic carbocycles. The Kier molecular flexibility index (Phi) is 8.84. The van der Waals surface area contributed by atoms with Crippen molar-refractivity contribution in [3.05, 3.63) is 58.7 Å². The van der Waals surface area contributed by atoms with Gasteiger partial charge < -0.3 is 19.9 Å². The van der Waals surface area contributed by atoms with Crippen LogP contribution in [-0.4, -0.2) is 31.2 Å². The smallest absolute Gasteiger partial charge is 0.337 e. The summed E-state index contributed by atoms with van der Waals surface area (Å²) in [6, 6.07) is 10.9. The molecule has 1 atom stereocenters. The highest BCUT2D eigenvalue weighted by Crippen LogP contribution is 2.35. The highest BCUT2D eigenvalue weighted by atomic mass is 16.5. The third-order valence-corrected chi connectivity index (χ3v) is 5.51. The van der Waals surface area contributed by atoms with Gasteiger partial charge in [-0.25, -0.2) is 4.79 Å². The number of hydrogen-bond donors (Lipinski definition) is 2. The molecule has 6 heteroatoms. The monoisotopic (exact) mass is 441 g/mol. The number of carbonyl (C=O) groups is 2. The lowest BCUT2D eigenvalue weighted by Gasteiger charge is -2.25.